The van der Waals surface area contributed by atoms with E-state index >= 15 is 0 Å². The van der Waals surface area contributed by atoms with Crippen LogP contribution in [0.3, 0.4) is 0 Å². The van der Waals surface area contributed by atoms with Crippen molar-refractivity contribution < 1.29 is 13.6 Å². The van der Waals surface area contributed by atoms with E-state index in [4.69, 9.17) is 4.42 Å². The molecule has 1 amide bonds. The SMILES string of the molecule is Cc1cc(C)cc(NC(=O)CSc2nnc(CNc3ccc(F)cc3)o2)c1. The maximum Gasteiger partial charge on any atom is 0.277 e. The molecule has 1 aromatic heterocycles. The fourth-order valence-corrected chi connectivity index (χ4v) is 3.07. The summed E-state index contributed by atoms with van der Waals surface area (Å²) in [5.41, 5.74) is 3.70. The van der Waals surface area contributed by atoms with Crippen LogP contribution in [0.5, 0.6) is 0 Å². The Morgan fingerprint density at radius 1 is 1.07 bits per heavy atom. The Hall–Kier alpha value is -2.87. The first-order valence-corrected chi connectivity index (χ1v) is 9.29. The van der Waals surface area contributed by atoms with Gasteiger partial charge in [0.1, 0.15) is 5.82 Å². The van der Waals surface area contributed by atoms with Crippen LogP contribution in [0.25, 0.3) is 0 Å². The molecule has 3 aromatic rings. The minimum absolute atomic E-state index is 0.144. The highest BCUT2D eigenvalue weighted by Gasteiger charge is 2.10. The van der Waals surface area contributed by atoms with Gasteiger partial charge in [0.25, 0.3) is 5.22 Å². The summed E-state index contributed by atoms with van der Waals surface area (Å²) in [4.78, 5) is 12.1. The zero-order chi connectivity index (χ0) is 19.2. The van der Waals surface area contributed by atoms with Crippen molar-refractivity contribution in [3.8, 4) is 0 Å². The number of halogens is 1. The summed E-state index contributed by atoms with van der Waals surface area (Å²) in [5, 5.41) is 14.1. The first kappa shape index (κ1) is 18.9. The molecule has 0 spiro atoms. The number of anilines is 2. The van der Waals surface area contributed by atoms with Crippen LogP contribution >= 0.6 is 11.8 Å². The Morgan fingerprint density at radius 3 is 2.48 bits per heavy atom. The van der Waals surface area contributed by atoms with Crippen molar-refractivity contribution >= 4 is 29.0 Å². The Morgan fingerprint density at radius 2 is 1.78 bits per heavy atom. The van der Waals surface area contributed by atoms with Crippen molar-refractivity contribution in [3.63, 3.8) is 0 Å². The molecule has 6 nitrogen and oxygen atoms in total. The van der Waals surface area contributed by atoms with Gasteiger partial charge >= 0.3 is 0 Å². The van der Waals surface area contributed by atoms with E-state index in [0.29, 0.717) is 17.7 Å². The normalized spacial score (nSPS) is 10.6. The molecule has 0 fully saturated rings. The van der Waals surface area contributed by atoms with Crippen molar-refractivity contribution in [2.75, 3.05) is 16.4 Å². The standard InChI is InChI=1S/C19H19FN4O2S/c1-12-7-13(2)9-16(8-12)22-17(25)11-27-19-24-23-18(26-19)10-21-15-5-3-14(20)4-6-15/h3-9,21H,10-11H2,1-2H3,(H,22,25). The number of benzene rings is 2. The van der Waals surface area contributed by atoms with Crippen LogP contribution < -0.4 is 10.6 Å². The number of hydrogen-bond acceptors (Lipinski definition) is 6. The predicted molar refractivity (Wildman–Crippen MR) is 103 cm³/mol. The lowest BCUT2D eigenvalue weighted by atomic mass is 10.1. The van der Waals surface area contributed by atoms with Crippen LogP contribution in [0.4, 0.5) is 15.8 Å². The third kappa shape index (κ3) is 5.82. The van der Waals surface area contributed by atoms with Crippen molar-refractivity contribution in [2.24, 2.45) is 0 Å². The summed E-state index contributed by atoms with van der Waals surface area (Å²) < 4.78 is 18.4. The highest BCUT2D eigenvalue weighted by atomic mass is 32.2. The zero-order valence-electron chi connectivity index (χ0n) is 15.0. The molecule has 0 atom stereocenters. The summed E-state index contributed by atoms with van der Waals surface area (Å²) in [6.07, 6.45) is 0. The van der Waals surface area contributed by atoms with Gasteiger partial charge in [-0.25, -0.2) is 4.39 Å². The smallest absolute Gasteiger partial charge is 0.277 e. The maximum atomic E-state index is 12.9. The molecular formula is C19H19FN4O2S. The molecule has 8 heteroatoms. The van der Waals surface area contributed by atoms with Crippen LogP contribution in [-0.4, -0.2) is 21.9 Å². The predicted octanol–water partition coefficient (Wildman–Crippen LogP) is 4.17. The van der Waals surface area contributed by atoms with Gasteiger partial charge in [0, 0.05) is 11.4 Å². The third-order valence-electron chi connectivity index (χ3n) is 3.57. The van der Waals surface area contributed by atoms with Gasteiger partial charge < -0.3 is 15.1 Å². The van der Waals surface area contributed by atoms with Crippen LogP contribution in [0, 0.1) is 19.7 Å². The van der Waals surface area contributed by atoms with E-state index in [9.17, 15) is 9.18 Å². The molecule has 3 rings (SSSR count). The lowest BCUT2D eigenvalue weighted by molar-refractivity contribution is -0.113. The Labute approximate surface area is 160 Å². The molecule has 140 valence electrons. The first-order chi connectivity index (χ1) is 13.0. The number of aryl methyl sites for hydroxylation is 2. The highest BCUT2D eigenvalue weighted by molar-refractivity contribution is 7.99. The number of thioether (sulfide) groups is 1. The molecule has 2 N–H and O–H groups in total. The van der Waals surface area contributed by atoms with E-state index in [-0.39, 0.29) is 17.5 Å². The van der Waals surface area contributed by atoms with E-state index in [1.54, 1.807) is 12.1 Å². The second-order valence-electron chi connectivity index (χ2n) is 6.04. The van der Waals surface area contributed by atoms with Gasteiger partial charge in [-0.3, -0.25) is 4.79 Å². The van der Waals surface area contributed by atoms with Crippen molar-refractivity contribution in [3.05, 3.63) is 65.3 Å². The molecular weight excluding hydrogens is 367 g/mol. The topological polar surface area (TPSA) is 80.0 Å². The quantitative estimate of drug-likeness (QED) is 0.593. The van der Waals surface area contributed by atoms with Gasteiger partial charge in [0.2, 0.25) is 11.8 Å². The number of rotatable bonds is 7. The molecule has 0 bridgehead atoms. The lowest BCUT2D eigenvalue weighted by Gasteiger charge is -2.06. The molecule has 0 radical (unpaired) electrons. The number of nitrogens with one attached hydrogen (secondary N) is 2. The second kappa shape index (κ2) is 8.68. The second-order valence-corrected chi connectivity index (χ2v) is 6.96. The molecule has 27 heavy (non-hydrogen) atoms. The molecule has 0 saturated heterocycles. The maximum absolute atomic E-state index is 12.9. The third-order valence-corrected chi connectivity index (χ3v) is 4.39. The minimum atomic E-state index is -0.295. The zero-order valence-corrected chi connectivity index (χ0v) is 15.8. The average molecular weight is 386 g/mol. The van der Waals surface area contributed by atoms with Gasteiger partial charge in [-0.2, -0.15) is 0 Å². The number of aromatic nitrogens is 2. The molecule has 0 aliphatic carbocycles. The van der Waals surface area contributed by atoms with Gasteiger partial charge in [-0.05, 0) is 61.4 Å². The van der Waals surface area contributed by atoms with Crippen LogP contribution in [0.15, 0.2) is 52.1 Å². The van der Waals surface area contributed by atoms with E-state index in [2.05, 4.69) is 20.8 Å². The fourth-order valence-electron chi connectivity index (χ4n) is 2.48. The summed E-state index contributed by atoms with van der Waals surface area (Å²) in [6.45, 7) is 4.28. The van der Waals surface area contributed by atoms with Gasteiger partial charge in [-0.1, -0.05) is 17.8 Å². The fraction of sp³-hybridized carbons (Fsp3) is 0.211. The summed E-state index contributed by atoms with van der Waals surface area (Å²) >= 11 is 1.17. The Balaban J connectivity index is 1.47. The van der Waals surface area contributed by atoms with Gasteiger partial charge in [0.15, 0.2) is 0 Å². The number of amides is 1. The van der Waals surface area contributed by atoms with Crippen LogP contribution in [-0.2, 0) is 11.3 Å². The summed E-state index contributed by atoms with van der Waals surface area (Å²) in [7, 11) is 0. The van der Waals surface area contributed by atoms with Crippen LogP contribution in [0.1, 0.15) is 17.0 Å². The summed E-state index contributed by atoms with van der Waals surface area (Å²) in [6, 6.07) is 11.9. The molecule has 0 unspecified atom stereocenters. The Bertz CT molecular complexity index is 907. The van der Waals surface area contributed by atoms with Crippen molar-refractivity contribution in [2.45, 2.75) is 25.6 Å². The van der Waals surface area contributed by atoms with Crippen molar-refractivity contribution in [1.29, 1.82) is 0 Å². The minimum Gasteiger partial charge on any atom is -0.414 e. The van der Waals surface area contributed by atoms with Gasteiger partial charge in [-0.15, -0.1) is 10.2 Å². The van der Waals surface area contributed by atoms with Crippen LogP contribution in [0.2, 0.25) is 0 Å². The molecule has 0 aliphatic heterocycles. The Kier molecular flexibility index (Phi) is 6.08. The monoisotopic (exact) mass is 386 g/mol. The number of nitrogens with zero attached hydrogens (tertiary/aromatic N) is 2. The largest absolute Gasteiger partial charge is 0.414 e. The van der Waals surface area contributed by atoms with E-state index in [1.165, 1.54) is 23.9 Å². The highest BCUT2D eigenvalue weighted by Crippen LogP contribution is 2.19. The van der Waals surface area contributed by atoms with E-state index in [1.807, 2.05) is 32.0 Å². The van der Waals surface area contributed by atoms with Gasteiger partial charge in [0.05, 0.1) is 12.3 Å². The molecule has 2 aromatic carbocycles. The molecule has 0 saturated carbocycles. The number of carbonyl (C=O) groups is 1. The van der Waals surface area contributed by atoms with Crippen molar-refractivity contribution in [1.82, 2.24) is 10.2 Å². The lowest BCUT2D eigenvalue weighted by Crippen LogP contribution is -2.14. The molecule has 0 aliphatic rings. The average Bonchev–Trinajstić information content (AvgIpc) is 3.06. The number of hydrogen-bond donors (Lipinski definition) is 2. The summed E-state index contributed by atoms with van der Waals surface area (Å²) in [5.74, 6) is 0.113. The number of carbonyl (C=O) groups excluding carboxylic acids is 1. The first-order valence-electron chi connectivity index (χ1n) is 8.31. The van der Waals surface area contributed by atoms with E-state index in [0.717, 1.165) is 22.5 Å². The molecule has 1 heterocycles. The van der Waals surface area contributed by atoms with E-state index < -0.39 is 0 Å².